The summed E-state index contributed by atoms with van der Waals surface area (Å²) in [5.74, 6) is -0.300. The van der Waals surface area contributed by atoms with Crippen molar-refractivity contribution in [2.45, 2.75) is 45.1 Å². The number of carbonyl (C=O) groups excluding carboxylic acids is 1. The molecule has 0 aliphatic heterocycles. The Morgan fingerprint density at radius 2 is 1.91 bits per heavy atom. The largest absolute Gasteiger partial charge is 0.317 e. The number of aromatic nitrogens is 6. The highest BCUT2D eigenvalue weighted by Gasteiger charge is 2.22. The van der Waals surface area contributed by atoms with E-state index in [-0.39, 0.29) is 5.91 Å². The minimum Gasteiger partial charge on any atom is -0.317 e. The van der Waals surface area contributed by atoms with Gasteiger partial charge >= 0.3 is 0 Å². The van der Waals surface area contributed by atoms with Crippen molar-refractivity contribution in [2.75, 3.05) is 5.32 Å². The first-order valence-corrected chi connectivity index (χ1v) is 11.2. The van der Waals surface area contributed by atoms with Crippen LogP contribution in [0.15, 0.2) is 61.4 Å². The van der Waals surface area contributed by atoms with Gasteiger partial charge in [0.2, 0.25) is 0 Å². The fourth-order valence-electron chi connectivity index (χ4n) is 4.23. The van der Waals surface area contributed by atoms with E-state index in [1.165, 1.54) is 19.3 Å². The van der Waals surface area contributed by atoms with Gasteiger partial charge in [0.15, 0.2) is 0 Å². The average molecular weight is 440 g/mol. The molecule has 33 heavy (non-hydrogen) atoms. The van der Waals surface area contributed by atoms with Crippen LogP contribution in [0.5, 0.6) is 0 Å². The summed E-state index contributed by atoms with van der Waals surface area (Å²) < 4.78 is 1.97. The maximum absolute atomic E-state index is 13.2. The Kier molecular flexibility index (Phi) is 5.89. The zero-order chi connectivity index (χ0) is 22.6. The van der Waals surface area contributed by atoms with E-state index in [1.807, 2.05) is 36.0 Å². The Labute approximate surface area is 192 Å². The standard InChI is InChI=1S/C25H25N7O/c1-17-12-18(14-27-13-17)20-8-5-9-21(29-20)25(33)30-23-16-32(19-6-3-2-4-7-19)31-24(23)22-15-26-10-11-28-22/h5,8-16,19H,2-4,6-7H2,1H3,(H,30,33). The summed E-state index contributed by atoms with van der Waals surface area (Å²) in [6, 6.07) is 7.73. The van der Waals surface area contributed by atoms with E-state index in [0.29, 0.717) is 34.5 Å². The normalized spacial score (nSPS) is 14.2. The first-order valence-electron chi connectivity index (χ1n) is 11.2. The van der Waals surface area contributed by atoms with E-state index in [9.17, 15) is 4.79 Å². The minimum absolute atomic E-state index is 0.300. The molecule has 0 atom stereocenters. The van der Waals surface area contributed by atoms with Crippen LogP contribution in [-0.4, -0.2) is 35.6 Å². The van der Waals surface area contributed by atoms with Crippen molar-refractivity contribution in [1.29, 1.82) is 0 Å². The lowest BCUT2D eigenvalue weighted by molar-refractivity contribution is 0.102. The van der Waals surface area contributed by atoms with E-state index in [2.05, 4.69) is 25.3 Å². The van der Waals surface area contributed by atoms with Crippen LogP contribution in [0.4, 0.5) is 5.69 Å². The highest BCUT2D eigenvalue weighted by atomic mass is 16.1. The van der Waals surface area contributed by atoms with Gasteiger partial charge in [0, 0.05) is 36.5 Å². The third-order valence-electron chi connectivity index (χ3n) is 5.89. The maximum atomic E-state index is 13.2. The molecule has 1 aliphatic rings. The van der Waals surface area contributed by atoms with Gasteiger partial charge in [-0.15, -0.1) is 0 Å². The number of anilines is 1. The molecule has 0 aromatic carbocycles. The van der Waals surface area contributed by atoms with Crippen molar-refractivity contribution in [2.24, 2.45) is 0 Å². The van der Waals surface area contributed by atoms with Gasteiger partial charge in [0.05, 0.1) is 23.6 Å². The van der Waals surface area contributed by atoms with Crippen molar-refractivity contribution in [3.63, 3.8) is 0 Å². The Hall–Kier alpha value is -3.94. The molecule has 1 aliphatic carbocycles. The number of hydrogen-bond donors (Lipinski definition) is 1. The topological polar surface area (TPSA) is 98.5 Å². The fourth-order valence-corrected chi connectivity index (χ4v) is 4.23. The van der Waals surface area contributed by atoms with Gasteiger partial charge in [-0.1, -0.05) is 25.3 Å². The second-order valence-electron chi connectivity index (χ2n) is 8.37. The summed E-state index contributed by atoms with van der Waals surface area (Å²) in [5.41, 5.74) is 4.77. The molecule has 4 aromatic rings. The van der Waals surface area contributed by atoms with E-state index in [0.717, 1.165) is 24.0 Å². The quantitative estimate of drug-likeness (QED) is 0.477. The lowest BCUT2D eigenvalue weighted by atomic mass is 9.96. The van der Waals surface area contributed by atoms with Crippen molar-refractivity contribution < 1.29 is 4.79 Å². The van der Waals surface area contributed by atoms with E-state index in [4.69, 9.17) is 5.10 Å². The number of aryl methyl sites for hydroxylation is 1. The van der Waals surface area contributed by atoms with Crippen molar-refractivity contribution in [1.82, 2.24) is 29.7 Å². The molecule has 1 saturated carbocycles. The molecule has 166 valence electrons. The predicted molar refractivity (Wildman–Crippen MR) is 126 cm³/mol. The summed E-state index contributed by atoms with van der Waals surface area (Å²) in [6.45, 7) is 1.98. The van der Waals surface area contributed by atoms with Gasteiger partial charge in [-0.3, -0.25) is 24.4 Å². The molecule has 0 spiro atoms. The van der Waals surface area contributed by atoms with Gasteiger partial charge in [0.1, 0.15) is 17.1 Å². The molecular weight excluding hydrogens is 414 g/mol. The lowest BCUT2D eigenvalue weighted by Gasteiger charge is -2.21. The Morgan fingerprint density at radius 1 is 1.03 bits per heavy atom. The molecule has 1 fully saturated rings. The number of amides is 1. The second-order valence-corrected chi connectivity index (χ2v) is 8.37. The van der Waals surface area contributed by atoms with E-state index >= 15 is 0 Å². The molecule has 4 heterocycles. The van der Waals surface area contributed by atoms with Crippen LogP contribution in [0.3, 0.4) is 0 Å². The van der Waals surface area contributed by atoms with Crippen LogP contribution in [0.1, 0.15) is 54.2 Å². The van der Waals surface area contributed by atoms with E-state index < -0.39 is 0 Å². The van der Waals surface area contributed by atoms with Crippen molar-refractivity contribution in [3.8, 4) is 22.6 Å². The molecule has 1 amide bonds. The monoisotopic (exact) mass is 439 g/mol. The smallest absolute Gasteiger partial charge is 0.274 e. The second kappa shape index (κ2) is 9.28. The Bertz CT molecular complexity index is 1260. The van der Waals surface area contributed by atoms with Crippen LogP contribution in [0.25, 0.3) is 22.6 Å². The summed E-state index contributed by atoms with van der Waals surface area (Å²) in [4.78, 5) is 30.5. The molecule has 0 unspecified atom stereocenters. The van der Waals surface area contributed by atoms with Crippen molar-refractivity contribution in [3.05, 3.63) is 72.7 Å². The molecule has 8 nitrogen and oxygen atoms in total. The molecule has 1 N–H and O–H groups in total. The first-order chi connectivity index (χ1) is 16.2. The van der Waals surface area contributed by atoms with Crippen LogP contribution in [-0.2, 0) is 0 Å². The highest BCUT2D eigenvalue weighted by Crippen LogP contribution is 2.32. The zero-order valence-electron chi connectivity index (χ0n) is 18.5. The van der Waals surface area contributed by atoms with Crippen LogP contribution < -0.4 is 5.32 Å². The lowest BCUT2D eigenvalue weighted by Crippen LogP contribution is -2.14. The van der Waals surface area contributed by atoms with Crippen LogP contribution >= 0.6 is 0 Å². The van der Waals surface area contributed by atoms with Gasteiger partial charge in [-0.2, -0.15) is 5.10 Å². The van der Waals surface area contributed by atoms with Crippen LogP contribution in [0, 0.1) is 6.92 Å². The number of pyridine rings is 2. The number of rotatable bonds is 5. The maximum Gasteiger partial charge on any atom is 0.274 e. The van der Waals surface area contributed by atoms with Crippen molar-refractivity contribution >= 4 is 11.6 Å². The fraction of sp³-hybridized carbons (Fsp3) is 0.280. The number of hydrogen-bond acceptors (Lipinski definition) is 6. The van der Waals surface area contributed by atoms with Gasteiger partial charge in [-0.05, 0) is 43.5 Å². The Morgan fingerprint density at radius 3 is 2.70 bits per heavy atom. The first kappa shape index (κ1) is 20.9. The molecule has 0 saturated heterocycles. The zero-order valence-corrected chi connectivity index (χ0v) is 18.5. The van der Waals surface area contributed by atoms with Gasteiger partial charge in [-0.25, -0.2) is 4.98 Å². The summed E-state index contributed by atoms with van der Waals surface area (Å²) in [6.07, 6.45) is 16.2. The summed E-state index contributed by atoms with van der Waals surface area (Å²) in [5, 5.41) is 7.80. The van der Waals surface area contributed by atoms with Gasteiger partial charge < -0.3 is 5.32 Å². The average Bonchev–Trinajstić information content (AvgIpc) is 3.29. The number of nitrogens with one attached hydrogen (secondary N) is 1. The summed E-state index contributed by atoms with van der Waals surface area (Å²) >= 11 is 0. The molecular formula is C25H25N7O. The molecule has 8 heteroatoms. The molecule has 5 rings (SSSR count). The predicted octanol–water partition coefficient (Wildman–Crippen LogP) is 4.86. The van der Waals surface area contributed by atoms with E-state index in [1.54, 1.807) is 37.1 Å². The Balaban J connectivity index is 1.45. The third kappa shape index (κ3) is 4.64. The number of nitrogens with zero attached hydrogens (tertiary/aromatic N) is 6. The SMILES string of the molecule is Cc1cncc(-c2cccc(C(=O)Nc3cn(C4CCCCC4)nc3-c3cnccn3)n2)c1. The molecule has 0 radical (unpaired) electrons. The van der Waals surface area contributed by atoms with Gasteiger partial charge in [0.25, 0.3) is 5.91 Å². The third-order valence-corrected chi connectivity index (χ3v) is 5.89. The molecule has 0 bridgehead atoms. The van der Waals surface area contributed by atoms with Crippen LogP contribution in [0.2, 0.25) is 0 Å². The highest BCUT2D eigenvalue weighted by molar-refractivity contribution is 6.04. The number of carbonyl (C=O) groups is 1. The summed E-state index contributed by atoms with van der Waals surface area (Å²) in [7, 11) is 0. The minimum atomic E-state index is -0.300. The molecule has 4 aromatic heterocycles.